The molecule has 0 saturated heterocycles. The third-order valence-corrected chi connectivity index (χ3v) is 3.85. The molecule has 138 valence electrons. The van der Waals surface area contributed by atoms with Gasteiger partial charge in [0.15, 0.2) is 0 Å². The van der Waals surface area contributed by atoms with Crippen molar-refractivity contribution in [3.8, 4) is 0 Å². The quantitative estimate of drug-likeness (QED) is 0.768. The van der Waals surface area contributed by atoms with Gasteiger partial charge in [-0.2, -0.15) is 0 Å². The largest absolute Gasteiger partial charge is 0.466 e. The number of benzene rings is 1. The van der Waals surface area contributed by atoms with E-state index in [1.807, 2.05) is 0 Å². The van der Waals surface area contributed by atoms with E-state index >= 15 is 0 Å². The number of nitrogens with one attached hydrogen (secondary N) is 2. The molecule has 1 heterocycles. The molecule has 0 fully saturated rings. The second-order valence-corrected chi connectivity index (χ2v) is 5.62. The zero-order chi connectivity index (χ0) is 19.3. The SMILES string of the molecule is CCOC(=O)c1ccc(NC(=O)[C@@H]2CC(=O)NC(C)=C2C(=O)OC)cc1. The van der Waals surface area contributed by atoms with Crippen LogP contribution in [-0.2, 0) is 23.9 Å². The van der Waals surface area contributed by atoms with Gasteiger partial charge in [0.05, 0.1) is 30.8 Å². The summed E-state index contributed by atoms with van der Waals surface area (Å²) in [4.78, 5) is 47.9. The predicted molar refractivity (Wildman–Crippen MR) is 92.0 cm³/mol. The fraction of sp³-hybridized carbons (Fsp3) is 0.333. The van der Waals surface area contributed by atoms with E-state index in [-0.39, 0.29) is 24.5 Å². The Labute approximate surface area is 150 Å². The molecule has 1 aliphatic heterocycles. The molecule has 2 N–H and O–H groups in total. The van der Waals surface area contributed by atoms with E-state index in [0.29, 0.717) is 16.9 Å². The predicted octanol–water partition coefficient (Wildman–Crippen LogP) is 1.38. The van der Waals surface area contributed by atoms with Gasteiger partial charge in [0, 0.05) is 17.8 Å². The van der Waals surface area contributed by atoms with Crippen LogP contribution in [0.3, 0.4) is 0 Å². The fourth-order valence-corrected chi connectivity index (χ4v) is 2.64. The number of amides is 2. The van der Waals surface area contributed by atoms with Crippen LogP contribution in [0.5, 0.6) is 0 Å². The number of esters is 2. The maximum atomic E-state index is 12.6. The van der Waals surface area contributed by atoms with Crippen molar-refractivity contribution >= 4 is 29.4 Å². The van der Waals surface area contributed by atoms with Crippen molar-refractivity contribution in [1.82, 2.24) is 5.32 Å². The summed E-state index contributed by atoms with van der Waals surface area (Å²) in [5, 5.41) is 5.18. The molecular weight excluding hydrogens is 340 g/mol. The first-order valence-corrected chi connectivity index (χ1v) is 8.04. The summed E-state index contributed by atoms with van der Waals surface area (Å²) in [6.07, 6.45) is -0.158. The molecule has 8 heteroatoms. The van der Waals surface area contributed by atoms with Crippen LogP contribution in [0.4, 0.5) is 5.69 Å². The summed E-state index contributed by atoms with van der Waals surface area (Å²) in [6.45, 7) is 3.52. The zero-order valence-corrected chi connectivity index (χ0v) is 14.8. The summed E-state index contributed by atoms with van der Waals surface area (Å²) < 4.78 is 9.60. The first-order chi connectivity index (χ1) is 12.4. The molecule has 0 aliphatic carbocycles. The van der Waals surface area contributed by atoms with Crippen molar-refractivity contribution in [2.24, 2.45) is 5.92 Å². The monoisotopic (exact) mass is 360 g/mol. The van der Waals surface area contributed by atoms with E-state index in [2.05, 4.69) is 10.6 Å². The van der Waals surface area contributed by atoms with E-state index < -0.39 is 23.8 Å². The number of hydrogen-bond acceptors (Lipinski definition) is 6. The van der Waals surface area contributed by atoms with E-state index in [1.165, 1.54) is 26.2 Å². The topological polar surface area (TPSA) is 111 Å². The van der Waals surface area contributed by atoms with Crippen molar-refractivity contribution in [1.29, 1.82) is 0 Å². The number of carbonyl (C=O) groups is 4. The lowest BCUT2D eigenvalue weighted by Gasteiger charge is -2.25. The highest BCUT2D eigenvalue weighted by molar-refractivity contribution is 6.06. The molecule has 26 heavy (non-hydrogen) atoms. The average Bonchev–Trinajstić information content (AvgIpc) is 2.61. The standard InChI is InChI=1S/C18H20N2O6/c1-4-26-17(23)11-5-7-12(8-6-11)20-16(22)13-9-14(21)19-10(2)15(13)18(24)25-3/h5-8,13H,4,9H2,1-3H3,(H,19,21)(H,20,22)/t13-/m1/s1. The smallest absolute Gasteiger partial charge is 0.338 e. The first kappa shape index (κ1) is 19.2. The average molecular weight is 360 g/mol. The van der Waals surface area contributed by atoms with Gasteiger partial charge in [-0.05, 0) is 38.1 Å². The van der Waals surface area contributed by atoms with Gasteiger partial charge in [-0.1, -0.05) is 0 Å². The summed E-state index contributed by atoms with van der Waals surface area (Å²) in [7, 11) is 1.21. The van der Waals surface area contributed by atoms with Gasteiger partial charge in [0.25, 0.3) is 0 Å². The molecule has 1 aromatic carbocycles. The van der Waals surface area contributed by atoms with Crippen LogP contribution >= 0.6 is 0 Å². The molecule has 0 radical (unpaired) electrons. The van der Waals surface area contributed by atoms with E-state index in [1.54, 1.807) is 19.1 Å². The maximum absolute atomic E-state index is 12.6. The fourth-order valence-electron chi connectivity index (χ4n) is 2.64. The minimum absolute atomic E-state index is 0.118. The third kappa shape index (κ3) is 4.27. The Morgan fingerprint density at radius 2 is 1.85 bits per heavy atom. The molecule has 0 bridgehead atoms. The molecule has 0 spiro atoms. The molecule has 0 aromatic heterocycles. The minimum Gasteiger partial charge on any atom is -0.466 e. The van der Waals surface area contributed by atoms with Crippen LogP contribution in [0, 0.1) is 5.92 Å². The van der Waals surface area contributed by atoms with Crippen molar-refractivity contribution < 1.29 is 28.7 Å². The zero-order valence-electron chi connectivity index (χ0n) is 14.8. The first-order valence-electron chi connectivity index (χ1n) is 8.04. The van der Waals surface area contributed by atoms with Gasteiger partial charge in [-0.3, -0.25) is 9.59 Å². The number of rotatable bonds is 5. The molecule has 0 unspecified atom stereocenters. The highest BCUT2D eigenvalue weighted by atomic mass is 16.5. The Balaban J connectivity index is 2.17. The molecule has 0 saturated carbocycles. The van der Waals surface area contributed by atoms with Crippen LogP contribution in [0.15, 0.2) is 35.5 Å². The van der Waals surface area contributed by atoms with Gasteiger partial charge < -0.3 is 20.1 Å². The van der Waals surface area contributed by atoms with Crippen molar-refractivity contribution in [2.75, 3.05) is 19.0 Å². The second-order valence-electron chi connectivity index (χ2n) is 5.62. The number of anilines is 1. The number of hydrogen-bond donors (Lipinski definition) is 2. The molecule has 1 atom stereocenters. The molecule has 1 aliphatic rings. The highest BCUT2D eigenvalue weighted by Crippen LogP contribution is 2.25. The van der Waals surface area contributed by atoms with E-state index in [4.69, 9.17) is 9.47 Å². The second kappa shape index (κ2) is 8.28. The summed E-state index contributed by atoms with van der Waals surface area (Å²) >= 11 is 0. The Kier molecular flexibility index (Phi) is 6.11. The molecular formula is C18H20N2O6. The molecule has 2 rings (SSSR count). The normalized spacial score (nSPS) is 16.6. The van der Waals surface area contributed by atoms with Crippen molar-refractivity contribution in [3.05, 3.63) is 41.1 Å². The lowest BCUT2D eigenvalue weighted by atomic mass is 9.89. The Bertz CT molecular complexity index is 766. The Morgan fingerprint density at radius 3 is 2.42 bits per heavy atom. The van der Waals surface area contributed by atoms with Crippen LogP contribution < -0.4 is 10.6 Å². The highest BCUT2D eigenvalue weighted by Gasteiger charge is 2.36. The van der Waals surface area contributed by atoms with Crippen molar-refractivity contribution in [2.45, 2.75) is 20.3 Å². The summed E-state index contributed by atoms with van der Waals surface area (Å²) in [6, 6.07) is 6.12. The van der Waals surface area contributed by atoms with Crippen LogP contribution in [0.2, 0.25) is 0 Å². The minimum atomic E-state index is -0.957. The summed E-state index contributed by atoms with van der Waals surface area (Å²) in [5.41, 5.74) is 1.20. The van der Waals surface area contributed by atoms with Gasteiger partial charge >= 0.3 is 11.9 Å². The lowest BCUT2D eigenvalue weighted by molar-refractivity contribution is -0.139. The number of methoxy groups -OCH3 is 1. The van der Waals surface area contributed by atoms with E-state index in [0.717, 1.165) is 0 Å². The van der Waals surface area contributed by atoms with Crippen molar-refractivity contribution in [3.63, 3.8) is 0 Å². The van der Waals surface area contributed by atoms with Gasteiger partial charge in [-0.25, -0.2) is 9.59 Å². The van der Waals surface area contributed by atoms with Crippen LogP contribution in [0.25, 0.3) is 0 Å². The maximum Gasteiger partial charge on any atom is 0.338 e. The third-order valence-electron chi connectivity index (χ3n) is 3.85. The molecule has 1 aromatic rings. The van der Waals surface area contributed by atoms with E-state index in [9.17, 15) is 19.2 Å². The van der Waals surface area contributed by atoms with Gasteiger partial charge in [-0.15, -0.1) is 0 Å². The molecule has 8 nitrogen and oxygen atoms in total. The van der Waals surface area contributed by atoms with Gasteiger partial charge in [0.1, 0.15) is 0 Å². The number of carbonyl (C=O) groups excluding carboxylic acids is 4. The Hall–Kier alpha value is -3.16. The number of ether oxygens (including phenoxy) is 2. The summed E-state index contributed by atoms with van der Waals surface area (Å²) in [5.74, 6) is -2.95. The number of allylic oxidation sites excluding steroid dienone is 1. The lowest BCUT2D eigenvalue weighted by Crippen LogP contribution is -2.40. The van der Waals surface area contributed by atoms with Crippen LogP contribution in [0.1, 0.15) is 30.6 Å². The molecule has 2 amide bonds. The Morgan fingerprint density at radius 1 is 1.19 bits per heavy atom. The van der Waals surface area contributed by atoms with Gasteiger partial charge in [0.2, 0.25) is 11.8 Å². The van der Waals surface area contributed by atoms with Crippen LogP contribution in [-0.4, -0.2) is 37.5 Å².